The van der Waals surface area contributed by atoms with E-state index in [2.05, 4.69) is 20.2 Å². The quantitative estimate of drug-likeness (QED) is 0.906. The molecule has 142 valence electrons. The number of carbonyl (C=O) groups excluding carboxylic acids is 1. The summed E-state index contributed by atoms with van der Waals surface area (Å²) in [5.41, 5.74) is 1.72. The van der Waals surface area contributed by atoms with Gasteiger partial charge in [0.1, 0.15) is 5.82 Å². The molecule has 2 aromatic heterocycles. The lowest BCUT2D eigenvalue weighted by atomic mass is 10.0. The predicted molar refractivity (Wildman–Crippen MR) is 106 cm³/mol. The van der Waals surface area contributed by atoms with Crippen molar-refractivity contribution >= 4 is 11.7 Å². The molecule has 1 atom stereocenters. The predicted octanol–water partition coefficient (Wildman–Crippen LogP) is 2.64. The van der Waals surface area contributed by atoms with Crippen LogP contribution in [0.5, 0.6) is 0 Å². The highest BCUT2D eigenvalue weighted by Crippen LogP contribution is 2.24. The van der Waals surface area contributed by atoms with Gasteiger partial charge in [0.2, 0.25) is 0 Å². The molecule has 0 aliphatic carbocycles. The van der Waals surface area contributed by atoms with Crippen molar-refractivity contribution in [2.24, 2.45) is 0 Å². The van der Waals surface area contributed by atoms with Crippen molar-refractivity contribution in [1.82, 2.24) is 20.2 Å². The molecule has 2 saturated heterocycles. The molecule has 4 heterocycles. The van der Waals surface area contributed by atoms with Crippen molar-refractivity contribution < 1.29 is 4.79 Å². The van der Waals surface area contributed by atoms with Crippen LogP contribution in [0.15, 0.2) is 42.9 Å². The monoisotopic (exact) mass is 365 g/mol. The van der Waals surface area contributed by atoms with Gasteiger partial charge >= 0.3 is 0 Å². The average Bonchev–Trinajstić information content (AvgIpc) is 3.04. The standard InChI is InChI=1S/C21H27N5O/c27-21(26-13-10-23-16-19(26)17-6-5-9-22-14-17)18-7-8-20(24-15-18)25-11-3-1-2-4-12-25/h5-9,14-15,19,23H,1-4,10-13,16H2. The first kappa shape index (κ1) is 17.9. The summed E-state index contributed by atoms with van der Waals surface area (Å²) in [5, 5.41) is 3.38. The van der Waals surface area contributed by atoms with Crippen molar-refractivity contribution in [1.29, 1.82) is 0 Å². The SMILES string of the molecule is O=C(c1ccc(N2CCCCCC2)nc1)N1CCNCC1c1cccnc1. The molecule has 1 amide bonds. The van der Waals surface area contributed by atoms with E-state index in [1.807, 2.05) is 35.4 Å². The Morgan fingerprint density at radius 3 is 2.59 bits per heavy atom. The topological polar surface area (TPSA) is 61.4 Å². The van der Waals surface area contributed by atoms with Crippen LogP contribution in [0.1, 0.15) is 47.6 Å². The summed E-state index contributed by atoms with van der Waals surface area (Å²) in [5.74, 6) is 1.03. The van der Waals surface area contributed by atoms with Crippen molar-refractivity contribution in [3.63, 3.8) is 0 Å². The van der Waals surface area contributed by atoms with Gasteiger partial charge in [-0.2, -0.15) is 0 Å². The van der Waals surface area contributed by atoms with E-state index in [0.29, 0.717) is 12.1 Å². The maximum atomic E-state index is 13.2. The van der Waals surface area contributed by atoms with Gasteiger partial charge in [-0.1, -0.05) is 18.9 Å². The summed E-state index contributed by atoms with van der Waals surface area (Å²) in [7, 11) is 0. The van der Waals surface area contributed by atoms with E-state index in [4.69, 9.17) is 0 Å². The number of carbonyl (C=O) groups is 1. The minimum atomic E-state index is 0.00485. The van der Waals surface area contributed by atoms with E-state index in [9.17, 15) is 4.79 Å². The molecule has 2 aliphatic heterocycles. The molecule has 4 rings (SSSR count). The molecule has 27 heavy (non-hydrogen) atoms. The van der Waals surface area contributed by atoms with Crippen LogP contribution >= 0.6 is 0 Å². The lowest BCUT2D eigenvalue weighted by molar-refractivity contribution is 0.0633. The van der Waals surface area contributed by atoms with Crippen molar-refractivity contribution in [2.75, 3.05) is 37.6 Å². The van der Waals surface area contributed by atoms with Crippen LogP contribution in [0.2, 0.25) is 0 Å². The number of aromatic nitrogens is 2. The molecule has 2 fully saturated rings. The summed E-state index contributed by atoms with van der Waals surface area (Å²) < 4.78 is 0. The molecule has 2 aromatic rings. The van der Waals surface area contributed by atoms with E-state index >= 15 is 0 Å². The van der Waals surface area contributed by atoms with E-state index in [-0.39, 0.29) is 11.9 Å². The van der Waals surface area contributed by atoms with Crippen LogP contribution in [0, 0.1) is 0 Å². The number of hydrogen-bond acceptors (Lipinski definition) is 5. The highest BCUT2D eigenvalue weighted by atomic mass is 16.2. The zero-order chi connectivity index (χ0) is 18.5. The van der Waals surface area contributed by atoms with Gasteiger partial charge in [-0.25, -0.2) is 4.98 Å². The maximum absolute atomic E-state index is 13.2. The second kappa shape index (κ2) is 8.48. The number of hydrogen-bond donors (Lipinski definition) is 1. The van der Waals surface area contributed by atoms with Gasteiger partial charge < -0.3 is 15.1 Å². The second-order valence-corrected chi connectivity index (χ2v) is 7.31. The van der Waals surface area contributed by atoms with Crippen LogP contribution in [0.4, 0.5) is 5.82 Å². The number of nitrogens with zero attached hydrogens (tertiary/aromatic N) is 4. The lowest BCUT2D eigenvalue weighted by Crippen LogP contribution is -2.48. The third-order valence-electron chi connectivity index (χ3n) is 5.50. The summed E-state index contributed by atoms with van der Waals surface area (Å²) in [6.07, 6.45) is 10.4. The van der Waals surface area contributed by atoms with E-state index in [0.717, 1.165) is 37.6 Å². The van der Waals surface area contributed by atoms with Gasteiger partial charge in [-0.15, -0.1) is 0 Å². The molecule has 0 spiro atoms. The third kappa shape index (κ3) is 4.11. The van der Waals surface area contributed by atoms with Crippen LogP contribution in [-0.2, 0) is 0 Å². The Morgan fingerprint density at radius 1 is 1.04 bits per heavy atom. The largest absolute Gasteiger partial charge is 0.357 e. The first-order valence-corrected chi connectivity index (χ1v) is 9.95. The fourth-order valence-electron chi connectivity index (χ4n) is 3.98. The highest BCUT2D eigenvalue weighted by molar-refractivity contribution is 5.94. The van der Waals surface area contributed by atoms with Crippen molar-refractivity contribution in [3.05, 3.63) is 54.0 Å². The average molecular weight is 365 g/mol. The number of nitrogens with one attached hydrogen (secondary N) is 1. The van der Waals surface area contributed by atoms with Gasteiger partial charge in [0, 0.05) is 51.3 Å². The first-order chi connectivity index (χ1) is 13.3. The Hall–Kier alpha value is -2.47. The Bertz CT molecular complexity index is 741. The molecular weight excluding hydrogens is 338 g/mol. The first-order valence-electron chi connectivity index (χ1n) is 9.95. The number of anilines is 1. The maximum Gasteiger partial charge on any atom is 0.256 e. The van der Waals surface area contributed by atoms with Crippen molar-refractivity contribution in [3.8, 4) is 0 Å². The summed E-state index contributed by atoms with van der Waals surface area (Å²) in [6, 6.07) is 7.89. The molecule has 0 bridgehead atoms. The van der Waals surface area contributed by atoms with Gasteiger partial charge in [-0.3, -0.25) is 9.78 Å². The highest BCUT2D eigenvalue weighted by Gasteiger charge is 2.29. The zero-order valence-electron chi connectivity index (χ0n) is 15.7. The van der Waals surface area contributed by atoms with Crippen LogP contribution in [0.3, 0.4) is 0 Å². The van der Waals surface area contributed by atoms with Gasteiger partial charge in [-0.05, 0) is 36.6 Å². The summed E-state index contributed by atoms with van der Waals surface area (Å²) in [4.78, 5) is 26.3. The fraction of sp³-hybridized carbons (Fsp3) is 0.476. The molecule has 1 unspecified atom stereocenters. The molecule has 0 aromatic carbocycles. The molecule has 0 radical (unpaired) electrons. The van der Waals surface area contributed by atoms with Gasteiger partial charge in [0.15, 0.2) is 0 Å². The Balaban J connectivity index is 1.50. The van der Waals surface area contributed by atoms with Crippen LogP contribution < -0.4 is 10.2 Å². The number of rotatable bonds is 3. The normalized spacial score (nSPS) is 21.0. The molecule has 6 heteroatoms. The molecule has 0 saturated carbocycles. The van der Waals surface area contributed by atoms with E-state index in [1.165, 1.54) is 25.7 Å². The number of amides is 1. The van der Waals surface area contributed by atoms with Crippen LogP contribution in [-0.4, -0.2) is 53.5 Å². The smallest absolute Gasteiger partial charge is 0.256 e. The minimum Gasteiger partial charge on any atom is -0.357 e. The molecule has 1 N–H and O–H groups in total. The lowest BCUT2D eigenvalue weighted by Gasteiger charge is -2.36. The van der Waals surface area contributed by atoms with Crippen LogP contribution in [0.25, 0.3) is 0 Å². The Kier molecular flexibility index (Phi) is 5.63. The summed E-state index contributed by atoms with van der Waals surface area (Å²) in [6.45, 7) is 4.35. The van der Waals surface area contributed by atoms with Gasteiger partial charge in [0.05, 0.1) is 11.6 Å². The molecule has 2 aliphatic rings. The second-order valence-electron chi connectivity index (χ2n) is 7.31. The zero-order valence-corrected chi connectivity index (χ0v) is 15.7. The summed E-state index contributed by atoms with van der Waals surface area (Å²) >= 11 is 0. The Morgan fingerprint density at radius 2 is 1.89 bits per heavy atom. The Labute approximate surface area is 160 Å². The van der Waals surface area contributed by atoms with E-state index in [1.54, 1.807) is 12.4 Å². The fourth-order valence-corrected chi connectivity index (χ4v) is 3.98. The minimum absolute atomic E-state index is 0.00485. The number of pyridine rings is 2. The van der Waals surface area contributed by atoms with Crippen molar-refractivity contribution in [2.45, 2.75) is 31.7 Å². The van der Waals surface area contributed by atoms with E-state index < -0.39 is 0 Å². The molecular formula is C21H27N5O. The third-order valence-corrected chi connectivity index (χ3v) is 5.50. The number of piperazine rings is 1. The van der Waals surface area contributed by atoms with Gasteiger partial charge in [0.25, 0.3) is 5.91 Å². The molecule has 6 nitrogen and oxygen atoms in total.